The molecule has 0 amide bonds. The molecule has 0 spiro atoms. The molecule has 2 heteroatoms. The van der Waals surface area contributed by atoms with E-state index in [2.05, 4.69) is 292 Å². The maximum absolute atomic E-state index is 2.50. The van der Waals surface area contributed by atoms with Crippen LogP contribution in [0.15, 0.2) is 255 Å². The fourth-order valence-corrected chi connectivity index (χ4v) is 14.1. The largest absolute Gasteiger partial charge is 0.310 e. The number of hydrogen-bond acceptors (Lipinski definition) is 2. The maximum Gasteiger partial charge on any atom is 0.0468 e. The van der Waals surface area contributed by atoms with Crippen LogP contribution in [0, 0.1) is 0 Å². The SMILES string of the molecule is CC1(C)c2cc(N(c3ccccc3)c3ccc4cc(N(c5ccccc5)c5ccc6c(c5)C(C)(C)c5cc7c8ccccc8c8ccccc8c7cc5-6)ccc4c3)ccc2-c2cc3c4ccccc4c4ccccc4c3cc21. The van der Waals surface area contributed by atoms with Crippen molar-refractivity contribution in [3.05, 3.63) is 277 Å². The highest BCUT2D eigenvalue weighted by atomic mass is 15.1. The van der Waals surface area contributed by atoms with Crippen LogP contribution >= 0.6 is 0 Å². The van der Waals surface area contributed by atoms with Gasteiger partial charge in [-0.05, 0) is 217 Å². The average Bonchev–Trinajstić information content (AvgIpc) is 3.75. The molecule has 0 unspecified atom stereocenters. The summed E-state index contributed by atoms with van der Waals surface area (Å²) in [6.07, 6.45) is 0. The fourth-order valence-electron chi connectivity index (χ4n) is 14.1. The van der Waals surface area contributed by atoms with Crippen molar-refractivity contribution in [2.45, 2.75) is 38.5 Å². The number of hydrogen-bond donors (Lipinski definition) is 0. The van der Waals surface area contributed by atoms with Gasteiger partial charge in [0.2, 0.25) is 0 Å². The summed E-state index contributed by atoms with van der Waals surface area (Å²) in [5, 5.41) is 18.1. The molecule has 0 bridgehead atoms. The number of rotatable bonds is 6. The van der Waals surface area contributed by atoms with E-state index in [9.17, 15) is 0 Å². The Balaban J connectivity index is 0.788. The van der Waals surface area contributed by atoms with Gasteiger partial charge in [-0.2, -0.15) is 0 Å². The zero-order valence-electron chi connectivity index (χ0n) is 44.1. The van der Waals surface area contributed by atoms with Gasteiger partial charge >= 0.3 is 0 Å². The van der Waals surface area contributed by atoms with E-state index in [4.69, 9.17) is 0 Å². The summed E-state index contributed by atoms with van der Waals surface area (Å²) in [4.78, 5) is 4.86. The summed E-state index contributed by atoms with van der Waals surface area (Å²) in [6, 6.07) is 95.5. The Morgan fingerprint density at radius 3 is 0.821 bits per heavy atom. The van der Waals surface area contributed by atoms with Crippen LogP contribution in [0.3, 0.4) is 0 Å². The van der Waals surface area contributed by atoms with E-state index in [1.165, 1.54) is 120 Å². The van der Waals surface area contributed by atoms with Crippen molar-refractivity contribution in [1.82, 2.24) is 0 Å². The van der Waals surface area contributed by atoms with Crippen LogP contribution in [0.2, 0.25) is 0 Å². The van der Waals surface area contributed by atoms with Crippen molar-refractivity contribution in [3.8, 4) is 22.3 Å². The maximum atomic E-state index is 2.50. The Hall–Kier alpha value is -9.50. The minimum atomic E-state index is -0.216. The van der Waals surface area contributed by atoms with Crippen molar-refractivity contribution in [1.29, 1.82) is 0 Å². The summed E-state index contributed by atoms with van der Waals surface area (Å²) < 4.78 is 0. The van der Waals surface area contributed by atoms with E-state index in [1.807, 2.05) is 0 Å². The molecule has 16 rings (SSSR count). The zero-order valence-corrected chi connectivity index (χ0v) is 44.1. The van der Waals surface area contributed by atoms with Gasteiger partial charge in [-0.1, -0.05) is 185 Å². The molecule has 2 aliphatic carbocycles. The van der Waals surface area contributed by atoms with E-state index in [0.717, 1.165) is 34.1 Å². The molecule has 0 saturated carbocycles. The van der Waals surface area contributed by atoms with E-state index >= 15 is 0 Å². The zero-order chi connectivity index (χ0) is 52.0. The van der Waals surface area contributed by atoms with Crippen molar-refractivity contribution < 1.29 is 0 Å². The minimum absolute atomic E-state index is 0.216. The van der Waals surface area contributed by atoms with Crippen LogP contribution < -0.4 is 9.80 Å². The van der Waals surface area contributed by atoms with Gasteiger partial charge < -0.3 is 9.80 Å². The third-order valence-corrected chi connectivity index (χ3v) is 17.9. The van der Waals surface area contributed by atoms with Gasteiger partial charge in [0.05, 0.1) is 0 Å². The molecule has 14 aromatic carbocycles. The highest BCUT2D eigenvalue weighted by Crippen LogP contribution is 2.55. The molecule has 0 aromatic heterocycles. The molecule has 0 fully saturated rings. The number of para-hydroxylation sites is 2. The molecule has 0 aliphatic heterocycles. The van der Waals surface area contributed by atoms with E-state index in [-0.39, 0.29) is 10.8 Å². The van der Waals surface area contributed by atoms with Crippen LogP contribution in [0.4, 0.5) is 34.1 Å². The van der Waals surface area contributed by atoms with E-state index in [1.54, 1.807) is 0 Å². The van der Waals surface area contributed by atoms with Crippen molar-refractivity contribution in [2.24, 2.45) is 0 Å². The molecule has 368 valence electrons. The van der Waals surface area contributed by atoms with Crippen LogP contribution in [-0.2, 0) is 10.8 Å². The summed E-state index contributed by atoms with van der Waals surface area (Å²) in [6.45, 7) is 9.62. The molecule has 2 aliphatic rings. The average molecular weight is 995 g/mol. The number of fused-ring (bicyclic) bond motifs is 19. The number of nitrogens with zero attached hydrogens (tertiary/aromatic N) is 2. The fraction of sp³-hybridized carbons (Fsp3) is 0.0789. The van der Waals surface area contributed by atoms with Gasteiger partial charge in [-0.15, -0.1) is 0 Å². The lowest BCUT2D eigenvalue weighted by Crippen LogP contribution is -2.17. The number of benzene rings is 14. The lowest BCUT2D eigenvalue weighted by molar-refractivity contribution is 0.661. The standard InChI is InChI=1S/C76H54N2/c1-75(2)71-41-53(35-37-63(71)69-43-65-59-27-15-11-23-55(59)57-25-13-17-29-61(57)67(65)45-73(69)75)77(49-19-7-5-8-20-49)51-33-31-48-40-52(34-32-47(48)39-51)78(50-21-9-6-10-22-50)54-36-38-64-70-44-66-60-28-16-12-24-56(60)58-26-14-18-30-62(58)68(66)46-74(70)76(3,4)72(64)42-54/h5-46H,1-4H3. The quantitative estimate of drug-likeness (QED) is 0.153. The van der Waals surface area contributed by atoms with Crippen LogP contribution in [0.25, 0.3) is 97.7 Å². The third-order valence-electron chi connectivity index (χ3n) is 17.9. The van der Waals surface area contributed by atoms with Crippen LogP contribution in [0.5, 0.6) is 0 Å². The molecule has 0 radical (unpaired) electrons. The Labute approximate surface area is 454 Å². The van der Waals surface area contributed by atoms with E-state index in [0.29, 0.717) is 0 Å². The Bertz CT molecular complexity index is 4550. The summed E-state index contributed by atoms with van der Waals surface area (Å²) >= 11 is 0. The molecule has 0 atom stereocenters. The topological polar surface area (TPSA) is 6.48 Å². The first kappa shape index (κ1) is 44.8. The van der Waals surface area contributed by atoms with Crippen LogP contribution in [-0.4, -0.2) is 0 Å². The molecule has 2 nitrogen and oxygen atoms in total. The lowest BCUT2D eigenvalue weighted by Gasteiger charge is -2.29. The Kier molecular flexibility index (Phi) is 9.47. The molecule has 14 aromatic rings. The van der Waals surface area contributed by atoms with Gasteiger partial charge in [0.1, 0.15) is 0 Å². The normalized spacial score (nSPS) is 13.8. The van der Waals surface area contributed by atoms with Crippen LogP contribution in [0.1, 0.15) is 49.9 Å². The highest BCUT2D eigenvalue weighted by molar-refractivity contribution is 6.27. The van der Waals surface area contributed by atoms with Crippen molar-refractivity contribution in [2.75, 3.05) is 9.80 Å². The molecular formula is C76H54N2. The second kappa shape index (κ2) is 16.5. The van der Waals surface area contributed by atoms with E-state index < -0.39 is 0 Å². The monoisotopic (exact) mass is 994 g/mol. The van der Waals surface area contributed by atoms with Gasteiger partial charge in [0, 0.05) is 45.0 Å². The van der Waals surface area contributed by atoms with Crippen molar-refractivity contribution in [3.63, 3.8) is 0 Å². The predicted octanol–water partition coefficient (Wildman–Crippen LogP) is 21.3. The summed E-state index contributed by atoms with van der Waals surface area (Å²) in [7, 11) is 0. The Morgan fingerprint density at radius 1 is 0.205 bits per heavy atom. The number of anilines is 6. The lowest BCUT2D eigenvalue weighted by atomic mass is 9.81. The first-order chi connectivity index (χ1) is 38.2. The summed E-state index contributed by atoms with van der Waals surface area (Å²) in [5.74, 6) is 0. The second-order valence-corrected chi connectivity index (χ2v) is 22.8. The van der Waals surface area contributed by atoms with Gasteiger partial charge in [-0.25, -0.2) is 0 Å². The molecule has 0 saturated heterocycles. The molecular weight excluding hydrogens is 941 g/mol. The molecule has 0 heterocycles. The Morgan fingerprint density at radius 2 is 0.474 bits per heavy atom. The second-order valence-electron chi connectivity index (χ2n) is 22.8. The first-order valence-corrected chi connectivity index (χ1v) is 27.5. The molecule has 0 N–H and O–H groups in total. The summed E-state index contributed by atoms with van der Waals surface area (Å²) in [5.41, 5.74) is 17.1. The molecule has 78 heavy (non-hydrogen) atoms. The highest BCUT2D eigenvalue weighted by Gasteiger charge is 2.38. The van der Waals surface area contributed by atoms with Crippen molar-refractivity contribution >= 4 is 110 Å². The third kappa shape index (κ3) is 6.44. The van der Waals surface area contributed by atoms with Gasteiger partial charge in [0.25, 0.3) is 0 Å². The predicted molar refractivity (Wildman–Crippen MR) is 333 cm³/mol. The first-order valence-electron chi connectivity index (χ1n) is 27.5. The minimum Gasteiger partial charge on any atom is -0.310 e. The smallest absolute Gasteiger partial charge is 0.0468 e. The van der Waals surface area contributed by atoms with Gasteiger partial charge in [0.15, 0.2) is 0 Å². The van der Waals surface area contributed by atoms with Gasteiger partial charge in [-0.3, -0.25) is 0 Å².